The van der Waals surface area contributed by atoms with Crippen LogP contribution in [0.25, 0.3) is 0 Å². The Bertz CT molecular complexity index is 530. The molecule has 1 aromatic carbocycles. The van der Waals surface area contributed by atoms with Gasteiger partial charge in [-0.25, -0.2) is 0 Å². The molecule has 0 radical (unpaired) electrons. The molecule has 0 aliphatic heterocycles. The molecule has 2 unspecified atom stereocenters. The van der Waals surface area contributed by atoms with Crippen LogP contribution in [-0.2, 0) is 15.6 Å². The van der Waals surface area contributed by atoms with Crippen LogP contribution in [0.5, 0.6) is 0 Å². The molecule has 110 valence electrons. The molecule has 6 heteroatoms. The van der Waals surface area contributed by atoms with E-state index >= 15 is 0 Å². The number of halogens is 1. The minimum Gasteiger partial charge on any atom is -0.399 e. The van der Waals surface area contributed by atoms with Gasteiger partial charge in [0.15, 0.2) is 0 Å². The van der Waals surface area contributed by atoms with Crippen molar-refractivity contribution in [3.63, 3.8) is 0 Å². The van der Waals surface area contributed by atoms with Crippen LogP contribution in [0, 0.1) is 0 Å². The van der Waals surface area contributed by atoms with Crippen molar-refractivity contribution in [3.05, 3.63) is 23.2 Å². The summed E-state index contributed by atoms with van der Waals surface area (Å²) in [6, 6.07) is 4.90. The monoisotopic (exact) mass is 314 g/mol. The van der Waals surface area contributed by atoms with Crippen molar-refractivity contribution in [3.8, 4) is 0 Å². The number of benzene rings is 1. The van der Waals surface area contributed by atoms with E-state index in [-0.39, 0.29) is 11.2 Å². The lowest BCUT2D eigenvalue weighted by atomic mass is 10.2. The Balaban J connectivity index is 2.01. The molecule has 3 N–H and O–H groups in total. The Morgan fingerprint density at radius 1 is 1.45 bits per heavy atom. The van der Waals surface area contributed by atoms with Gasteiger partial charge < -0.3 is 11.1 Å². The summed E-state index contributed by atoms with van der Waals surface area (Å²) in [7, 11) is -1.13. The van der Waals surface area contributed by atoms with Crippen molar-refractivity contribution < 1.29 is 9.00 Å². The van der Waals surface area contributed by atoms with Gasteiger partial charge in [-0.05, 0) is 38.0 Å². The lowest BCUT2D eigenvalue weighted by Crippen LogP contribution is -2.33. The lowest BCUT2D eigenvalue weighted by molar-refractivity contribution is -0.115. The standard InChI is InChI=1S/C14H19ClN2O2S/c1-9(20(19)11-4-2-3-5-11)14(18)17-13-7-6-10(16)8-12(13)15/h6-9,11H,2-5,16H2,1H3,(H,17,18). The average Bonchev–Trinajstić information content (AvgIpc) is 2.94. The molecule has 2 atom stereocenters. The second-order valence-corrected chi connectivity index (χ2v) is 7.54. The summed E-state index contributed by atoms with van der Waals surface area (Å²) in [5.41, 5.74) is 6.64. The van der Waals surface area contributed by atoms with Crippen molar-refractivity contribution in [1.82, 2.24) is 0 Å². The van der Waals surface area contributed by atoms with Crippen LogP contribution >= 0.6 is 11.6 Å². The Morgan fingerprint density at radius 3 is 2.70 bits per heavy atom. The van der Waals surface area contributed by atoms with Gasteiger partial charge in [0, 0.05) is 21.7 Å². The smallest absolute Gasteiger partial charge is 0.239 e. The molecule has 20 heavy (non-hydrogen) atoms. The van der Waals surface area contributed by atoms with Gasteiger partial charge in [-0.15, -0.1) is 0 Å². The molecule has 0 spiro atoms. The van der Waals surface area contributed by atoms with Crippen LogP contribution in [0.15, 0.2) is 18.2 Å². The van der Waals surface area contributed by atoms with Gasteiger partial charge in [-0.3, -0.25) is 9.00 Å². The fourth-order valence-corrected chi connectivity index (χ4v) is 4.26. The fraction of sp³-hybridized carbons (Fsp3) is 0.500. The number of nitrogens with one attached hydrogen (secondary N) is 1. The van der Waals surface area contributed by atoms with Crippen LogP contribution < -0.4 is 11.1 Å². The maximum Gasteiger partial charge on any atom is 0.239 e. The normalized spacial score (nSPS) is 18.7. The van der Waals surface area contributed by atoms with Crippen LogP contribution in [0.2, 0.25) is 5.02 Å². The molecule has 1 aromatic rings. The third-order valence-corrected chi connectivity index (χ3v) is 5.95. The first kappa shape index (κ1) is 15.3. The maximum absolute atomic E-state index is 12.3. The molecule has 1 amide bonds. The maximum atomic E-state index is 12.3. The number of hydrogen-bond donors (Lipinski definition) is 2. The summed E-state index contributed by atoms with van der Waals surface area (Å²) in [4.78, 5) is 12.2. The molecule has 2 rings (SSSR count). The van der Waals surface area contributed by atoms with Gasteiger partial charge >= 0.3 is 0 Å². The van der Waals surface area contributed by atoms with Gasteiger partial charge in [0.1, 0.15) is 5.25 Å². The summed E-state index contributed by atoms with van der Waals surface area (Å²) < 4.78 is 12.3. The van der Waals surface area contributed by atoms with Crippen molar-refractivity contribution in [2.75, 3.05) is 11.1 Å². The number of rotatable bonds is 4. The second-order valence-electron chi connectivity index (χ2n) is 5.11. The van der Waals surface area contributed by atoms with Crippen LogP contribution in [0.4, 0.5) is 11.4 Å². The highest BCUT2D eigenvalue weighted by Gasteiger charge is 2.29. The first-order chi connectivity index (χ1) is 9.49. The number of amides is 1. The molecule has 0 heterocycles. The number of carbonyl (C=O) groups excluding carboxylic acids is 1. The lowest BCUT2D eigenvalue weighted by Gasteiger charge is -2.16. The average molecular weight is 315 g/mol. The van der Waals surface area contributed by atoms with E-state index in [0.717, 1.165) is 25.7 Å². The highest BCUT2D eigenvalue weighted by molar-refractivity contribution is 7.87. The SMILES string of the molecule is CC(C(=O)Nc1ccc(N)cc1Cl)S(=O)C1CCCC1. The minimum atomic E-state index is -1.13. The van der Waals surface area contributed by atoms with E-state index in [9.17, 15) is 9.00 Å². The molecular weight excluding hydrogens is 296 g/mol. The van der Waals surface area contributed by atoms with E-state index in [1.54, 1.807) is 25.1 Å². The number of hydrogen-bond acceptors (Lipinski definition) is 3. The zero-order valence-electron chi connectivity index (χ0n) is 11.4. The molecule has 1 fully saturated rings. The van der Waals surface area contributed by atoms with Crippen molar-refractivity contribution in [2.24, 2.45) is 0 Å². The summed E-state index contributed by atoms with van der Waals surface area (Å²) in [6.07, 6.45) is 4.11. The molecular formula is C14H19ClN2O2S. The highest BCUT2D eigenvalue weighted by atomic mass is 35.5. The predicted molar refractivity (Wildman–Crippen MR) is 84.4 cm³/mol. The van der Waals surface area contributed by atoms with Gasteiger partial charge in [0.2, 0.25) is 5.91 Å². The van der Waals surface area contributed by atoms with Crippen LogP contribution in [0.3, 0.4) is 0 Å². The van der Waals surface area contributed by atoms with Gasteiger partial charge in [-0.1, -0.05) is 24.4 Å². The van der Waals surface area contributed by atoms with E-state index < -0.39 is 16.0 Å². The molecule has 0 aromatic heterocycles. The molecule has 0 saturated heterocycles. The summed E-state index contributed by atoms with van der Waals surface area (Å²) in [5, 5.41) is 2.72. The summed E-state index contributed by atoms with van der Waals surface area (Å²) in [6.45, 7) is 1.70. The molecule has 0 bridgehead atoms. The van der Waals surface area contributed by atoms with E-state index in [4.69, 9.17) is 17.3 Å². The molecule has 4 nitrogen and oxygen atoms in total. The fourth-order valence-electron chi connectivity index (χ4n) is 2.38. The molecule has 1 aliphatic rings. The Labute approximate surface area is 126 Å². The van der Waals surface area contributed by atoms with Gasteiger partial charge in [0.25, 0.3) is 0 Å². The molecule has 1 aliphatic carbocycles. The summed E-state index contributed by atoms with van der Waals surface area (Å²) in [5.74, 6) is -0.262. The predicted octanol–water partition coefficient (Wildman–Crippen LogP) is 2.94. The van der Waals surface area contributed by atoms with Crippen molar-refractivity contribution in [2.45, 2.75) is 43.1 Å². The van der Waals surface area contributed by atoms with Crippen LogP contribution in [-0.4, -0.2) is 20.6 Å². The minimum absolute atomic E-state index is 0.151. The first-order valence-electron chi connectivity index (χ1n) is 6.74. The zero-order valence-corrected chi connectivity index (χ0v) is 13.0. The van der Waals surface area contributed by atoms with Crippen molar-refractivity contribution >= 4 is 39.7 Å². The number of nitrogen functional groups attached to an aromatic ring is 1. The molecule has 1 saturated carbocycles. The van der Waals surface area contributed by atoms with E-state index in [0.29, 0.717) is 16.4 Å². The largest absolute Gasteiger partial charge is 0.399 e. The Morgan fingerprint density at radius 2 is 2.10 bits per heavy atom. The van der Waals surface area contributed by atoms with E-state index in [1.165, 1.54) is 0 Å². The van der Waals surface area contributed by atoms with E-state index in [1.807, 2.05) is 0 Å². The Kier molecular flexibility index (Phi) is 5.05. The van der Waals surface area contributed by atoms with Crippen LogP contribution in [0.1, 0.15) is 32.6 Å². The van der Waals surface area contributed by atoms with Crippen molar-refractivity contribution in [1.29, 1.82) is 0 Å². The van der Waals surface area contributed by atoms with E-state index in [2.05, 4.69) is 5.32 Å². The third kappa shape index (κ3) is 3.52. The number of anilines is 2. The quantitative estimate of drug-likeness (QED) is 0.839. The zero-order chi connectivity index (χ0) is 14.7. The number of carbonyl (C=O) groups is 1. The Hall–Kier alpha value is -1.07. The summed E-state index contributed by atoms with van der Waals surface area (Å²) >= 11 is 6.01. The van der Waals surface area contributed by atoms with Gasteiger partial charge in [0.05, 0.1) is 10.7 Å². The second kappa shape index (κ2) is 6.59. The third-order valence-electron chi connectivity index (χ3n) is 3.60. The number of nitrogens with two attached hydrogens (primary N) is 1. The first-order valence-corrected chi connectivity index (χ1v) is 8.39. The van der Waals surface area contributed by atoms with Gasteiger partial charge in [-0.2, -0.15) is 0 Å². The highest BCUT2D eigenvalue weighted by Crippen LogP contribution is 2.27. The topological polar surface area (TPSA) is 72.2 Å².